The Labute approximate surface area is 88.1 Å². The zero-order chi connectivity index (χ0) is 10.8. The van der Waals surface area contributed by atoms with Crippen LogP contribution >= 0.6 is 0 Å². The van der Waals surface area contributed by atoms with Crippen molar-refractivity contribution < 1.29 is 9.84 Å². The largest absolute Gasteiger partial charge is 0.496 e. The number of aliphatic hydroxyl groups excluding tert-OH is 1. The Morgan fingerprint density at radius 1 is 1.47 bits per heavy atom. The molecule has 4 nitrogen and oxygen atoms in total. The van der Waals surface area contributed by atoms with Crippen LogP contribution in [0.15, 0.2) is 18.2 Å². The van der Waals surface area contributed by atoms with E-state index in [1.54, 1.807) is 11.8 Å². The number of ether oxygens (including phenoxy) is 1. The van der Waals surface area contributed by atoms with E-state index in [1.165, 1.54) is 0 Å². The zero-order valence-electron chi connectivity index (χ0n) is 8.90. The van der Waals surface area contributed by atoms with E-state index in [1.807, 2.05) is 25.2 Å². The molecule has 1 N–H and O–H groups in total. The third kappa shape index (κ3) is 1.57. The predicted octanol–water partition coefficient (Wildman–Crippen LogP) is 1.12. The Morgan fingerprint density at radius 3 is 2.93 bits per heavy atom. The Kier molecular flexibility index (Phi) is 2.60. The van der Waals surface area contributed by atoms with Crippen molar-refractivity contribution in [2.45, 2.75) is 6.42 Å². The lowest BCUT2D eigenvalue weighted by Crippen LogP contribution is -2.01. The smallest absolute Gasteiger partial charge is 0.130 e. The number of hydrogen-bond donors (Lipinski definition) is 1. The number of rotatable bonds is 3. The van der Waals surface area contributed by atoms with E-state index in [0.29, 0.717) is 6.42 Å². The van der Waals surface area contributed by atoms with E-state index >= 15 is 0 Å². The van der Waals surface area contributed by atoms with Crippen LogP contribution in [-0.4, -0.2) is 28.6 Å². The van der Waals surface area contributed by atoms with Crippen LogP contribution in [0.4, 0.5) is 0 Å². The molecule has 0 saturated heterocycles. The number of benzene rings is 1. The molecule has 0 saturated carbocycles. The first-order valence-electron chi connectivity index (χ1n) is 4.87. The SMILES string of the molecule is COc1cccc2nn(C)c(CCO)c12. The fraction of sp³-hybridized carbons (Fsp3) is 0.364. The number of hydrogen-bond acceptors (Lipinski definition) is 3. The molecule has 0 fully saturated rings. The summed E-state index contributed by atoms with van der Waals surface area (Å²) in [6, 6.07) is 5.76. The van der Waals surface area contributed by atoms with Gasteiger partial charge in [-0.3, -0.25) is 4.68 Å². The van der Waals surface area contributed by atoms with E-state index < -0.39 is 0 Å². The summed E-state index contributed by atoms with van der Waals surface area (Å²) in [5.41, 5.74) is 1.91. The Bertz CT molecular complexity index is 477. The molecular weight excluding hydrogens is 192 g/mol. The molecule has 0 radical (unpaired) electrons. The molecule has 0 unspecified atom stereocenters. The number of aromatic nitrogens is 2. The van der Waals surface area contributed by atoms with Gasteiger partial charge in [0, 0.05) is 20.1 Å². The van der Waals surface area contributed by atoms with Crippen LogP contribution in [0.3, 0.4) is 0 Å². The molecule has 0 aliphatic heterocycles. The minimum atomic E-state index is 0.118. The zero-order valence-corrected chi connectivity index (χ0v) is 8.90. The summed E-state index contributed by atoms with van der Waals surface area (Å²) in [5, 5.41) is 14.4. The lowest BCUT2D eigenvalue weighted by Gasteiger charge is -2.03. The molecule has 1 aromatic carbocycles. The highest BCUT2D eigenvalue weighted by atomic mass is 16.5. The van der Waals surface area contributed by atoms with Gasteiger partial charge in [-0.05, 0) is 12.1 Å². The second kappa shape index (κ2) is 3.90. The van der Waals surface area contributed by atoms with Crippen molar-refractivity contribution in [3.63, 3.8) is 0 Å². The summed E-state index contributed by atoms with van der Waals surface area (Å²) >= 11 is 0. The van der Waals surface area contributed by atoms with Crippen LogP contribution in [0.25, 0.3) is 10.9 Å². The lowest BCUT2D eigenvalue weighted by molar-refractivity contribution is 0.296. The van der Waals surface area contributed by atoms with Crippen LogP contribution in [0.1, 0.15) is 5.69 Å². The highest BCUT2D eigenvalue weighted by Gasteiger charge is 2.12. The maximum absolute atomic E-state index is 9.00. The maximum Gasteiger partial charge on any atom is 0.130 e. The quantitative estimate of drug-likeness (QED) is 0.818. The van der Waals surface area contributed by atoms with Gasteiger partial charge < -0.3 is 9.84 Å². The predicted molar refractivity (Wildman–Crippen MR) is 58.1 cm³/mol. The van der Waals surface area contributed by atoms with Gasteiger partial charge >= 0.3 is 0 Å². The summed E-state index contributed by atoms with van der Waals surface area (Å²) < 4.78 is 7.09. The molecule has 0 aliphatic carbocycles. The lowest BCUT2D eigenvalue weighted by atomic mass is 10.1. The second-order valence-corrected chi connectivity index (χ2v) is 3.40. The second-order valence-electron chi connectivity index (χ2n) is 3.40. The molecule has 15 heavy (non-hydrogen) atoms. The van der Waals surface area contributed by atoms with Gasteiger partial charge in [0.1, 0.15) is 5.75 Å². The standard InChI is InChI=1S/C11H14N2O2/c1-13-9(6-7-14)11-8(12-13)4-3-5-10(11)15-2/h3-5,14H,6-7H2,1-2H3. The van der Waals surface area contributed by atoms with Crippen molar-refractivity contribution in [3.05, 3.63) is 23.9 Å². The third-order valence-corrected chi connectivity index (χ3v) is 2.51. The van der Waals surface area contributed by atoms with Crippen molar-refractivity contribution in [2.24, 2.45) is 7.05 Å². The van der Waals surface area contributed by atoms with Gasteiger partial charge in [-0.2, -0.15) is 5.10 Å². The van der Waals surface area contributed by atoms with Gasteiger partial charge in [0.05, 0.1) is 23.7 Å². The van der Waals surface area contributed by atoms with Crippen molar-refractivity contribution in [3.8, 4) is 5.75 Å². The van der Waals surface area contributed by atoms with Gasteiger partial charge in [-0.1, -0.05) is 6.07 Å². The molecule has 0 amide bonds. The highest BCUT2D eigenvalue weighted by Crippen LogP contribution is 2.28. The molecule has 2 aromatic rings. The monoisotopic (exact) mass is 206 g/mol. The van der Waals surface area contributed by atoms with Crippen LogP contribution in [0, 0.1) is 0 Å². The summed E-state index contributed by atoms with van der Waals surface area (Å²) in [7, 11) is 3.52. The topological polar surface area (TPSA) is 47.3 Å². The summed E-state index contributed by atoms with van der Waals surface area (Å²) in [6.07, 6.45) is 0.591. The molecule has 0 aliphatic rings. The third-order valence-electron chi connectivity index (χ3n) is 2.51. The molecule has 0 atom stereocenters. The fourth-order valence-electron chi connectivity index (χ4n) is 1.84. The van der Waals surface area contributed by atoms with Crippen LogP contribution in [-0.2, 0) is 13.5 Å². The van der Waals surface area contributed by atoms with Gasteiger partial charge in [-0.15, -0.1) is 0 Å². The first-order chi connectivity index (χ1) is 7.27. The van der Waals surface area contributed by atoms with Crippen molar-refractivity contribution >= 4 is 10.9 Å². The summed E-state index contributed by atoms with van der Waals surface area (Å²) in [4.78, 5) is 0. The highest BCUT2D eigenvalue weighted by molar-refractivity contribution is 5.88. The van der Waals surface area contributed by atoms with Crippen LogP contribution in [0.5, 0.6) is 5.75 Å². The molecule has 4 heteroatoms. The summed E-state index contributed by atoms with van der Waals surface area (Å²) in [5.74, 6) is 0.809. The summed E-state index contributed by atoms with van der Waals surface area (Å²) in [6.45, 7) is 0.118. The molecular formula is C11H14N2O2. The van der Waals surface area contributed by atoms with Crippen LogP contribution in [0.2, 0.25) is 0 Å². The first-order valence-corrected chi connectivity index (χ1v) is 4.87. The molecule has 1 heterocycles. The molecule has 0 spiro atoms. The van der Waals surface area contributed by atoms with E-state index in [-0.39, 0.29) is 6.61 Å². The maximum atomic E-state index is 9.00. The van der Waals surface area contributed by atoms with Crippen molar-refractivity contribution in [1.82, 2.24) is 9.78 Å². The number of methoxy groups -OCH3 is 1. The molecule has 80 valence electrons. The molecule has 0 bridgehead atoms. The molecule has 2 rings (SSSR count). The van der Waals surface area contributed by atoms with E-state index in [2.05, 4.69) is 5.10 Å². The van der Waals surface area contributed by atoms with Gasteiger partial charge in [0.2, 0.25) is 0 Å². The normalized spacial score (nSPS) is 10.9. The Balaban J connectivity index is 2.71. The van der Waals surface area contributed by atoms with E-state index in [9.17, 15) is 0 Å². The van der Waals surface area contributed by atoms with Gasteiger partial charge in [-0.25, -0.2) is 0 Å². The molecule has 1 aromatic heterocycles. The van der Waals surface area contributed by atoms with E-state index in [4.69, 9.17) is 9.84 Å². The Hall–Kier alpha value is -1.55. The first kappa shape index (κ1) is 9.98. The fourth-order valence-corrected chi connectivity index (χ4v) is 1.84. The Morgan fingerprint density at radius 2 is 2.27 bits per heavy atom. The van der Waals surface area contributed by atoms with Gasteiger partial charge in [0.15, 0.2) is 0 Å². The average molecular weight is 206 g/mol. The van der Waals surface area contributed by atoms with Crippen molar-refractivity contribution in [1.29, 1.82) is 0 Å². The minimum absolute atomic E-state index is 0.118. The van der Waals surface area contributed by atoms with Gasteiger partial charge in [0.25, 0.3) is 0 Å². The number of nitrogens with zero attached hydrogens (tertiary/aromatic N) is 2. The van der Waals surface area contributed by atoms with Crippen molar-refractivity contribution in [2.75, 3.05) is 13.7 Å². The minimum Gasteiger partial charge on any atom is -0.496 e. The number of aryl methyl sites for hydroxylation is 1. The average Bonchev–Trinajstić information content (AvgIpc) is 2.56. The number of aliphatic hydroxyl groups is 1. The van der Waals surface area contributed by atoms with Crippen LogP contribution < -0.4 is 4.74 Å². The van der Waals surface area contributed by atoms with E-state index in [0.717, 1.165) is 22.3 Å². The number of fused-ring (bicyclic) bond motifs is 1.